The number of halogens is 2. The number of carbonyl (C=O) groups excluding carboxylic acids is 1. The molecule has 0 unspecified atom stereocenters. The third-order valence-electron chi connectivity index (χ3n) is 7.38. The molecule has 1 amide bonds. The van der Waals surface area contributed by atoms with Gasteiger partial charge in [-0.05, 0) is 36.8 Å². The van der Waals surface area contributed by atoms with Crippen LogP contribution < -0.4 is 33.1 Å². The predicted octanol–water partition coefficient (Wildman–Crippen LogP) is -1.02. The summed E-state index contributed by atoms with van der Waals surface area (Å²) in [4.78, 5) is 67.4. The average Bonchev–Trinajstić information content (AvgIpc) is 3.30. The van der Waals surface area contributed by atoms with Gasteiger partial charge in [0.25, 0.3) is 5.91 Å². The van der Waals surface area contributed by atoms with Crippen LogP contribution in [0.3, 0.4) is 0 Å². The second-order valence-corrected chi connectivity index (χ2v) is 11.1. The molecule has 0 aliphatic carbocycles. The number of carboxylic acid groups (broad SMARTS) is 2. The third-order valence-corrected chi connectivity index (χ3v) is 7.38. The van der Waals surface area contributed by atoms with E-state index in [1.165, 1.54) is 12.1 Å². The summed E-state index contributed by atoms with van der Waals surface area (Å²) in [5.74, 6) is -6.74. The van der Waals surface area contributed by atoms with Crippen molar-refractivity contribution in [3.05, 3.63) is 64.5 Å². The van der Waals surface area contributed by atoms with Crippen LogP contribution in [0.5, 0.6) is 0 Å². The SMILES string of the molecule is CN(Cc1cnc2nc(N)nc(N)c2n1)c1ccc(C(=O)N[C@@H](CCC(=O)O)C(=O)O)cc1.Nc1ccn([C@@H]2O[C@H](CO)[C@@H](O)C2(F)F)c(=O)n1. The molecule has 22 heteroatoms. The standard InChI is InChI=1S/C20H22N8O5.C9H11F2N3O4/c1-28(9-11-8-23-17-15(24-11)16(21)26-20(22)27-17)12-4-2-10(3-5-12)18(31)25-13(19(32)33)6-7-14(29)30;10-9(11)6(16)4(3-15)18-7(9)14-2-1-5(12)13-8(14)17/h2-5,8,13H,6-7,9H2,1H3,(H,25,31)(H,29,30)(H,32,33)(H4,21,22,23,26,27);1-2,4,6-7,15-16H,3H2,(H2,12,13,17)/t13-;4-,6-,7-/m01/s1. The molecular weight excluding hydrogens is 684 g/mol. The lowest BCUT2D eigenvalue weighted by Crippen LogP contribution is -2.41. The Kier molecular flexibility index (Phi) is 11.5. The number of rotatable bonds is 11. The maximum absolute atomic E-state index is 13.7. The first kappa shape index (κ1) is 37.7. The van der Waals surface area contributed by atoms with Crippen LogP contribution in [0.4, 0.5) is 32.1 Å². The summed E-state index contributed by atoms with van der Waals surface area (Å²) in [7, 11) is 1.82. The number of aliphatic hydroxyl groups excluding tert-OH is 2. The van der Waals surface area contributed by atoms with Crippen LogP contribution in [-0.2, 0) is 20.9 Å². The predicted molar refractivity (Wildman–Crippen MR) is 173 cm³/mol. The number of aromatic nitrogens is 6. The minimum atomic E-state index is -3.71. The quantitative estimate of drug-likeness (QED) is 0.0920. The van der Waals surface area contributed by atoms with Crippen molar-refractivity contribution in [2.75, 3.05) is 35.8 Å². The fourth-order valence-electron chi connectivity index (χ4n) is 4.75. The molecule has 1 fully saturated rings. The van der Waals surface area contributed by atoms with E-state index in [0.717, 1.165) is 18.0 Å². The molecule has 0 saturated carbocycles. The number of ether oxygens (including phenoxy) is 1. The Balaban J connectivity index is 0.000000272. The van der Waals surface area contributed by atoms with Crippen LogP contribution in [0.25, 0.3) is 11.2 Å². The Labute approximate surface area is 285 Å². The van der Waals surface area contributed by atoms with Gasteiger partial charge in [-0.15, -0.1) is 0 Å². The summed E-state index contributed by atoms with van der Waals surface area (Å²) in [6.45, 7) is -0.418. The molecule has 3 aromatic heterocycles. The fourth-order valence-corrected chi connectivity index (χ4v) is 4.75. The molecule has 1 aromatic carbocycles. The van der Waals surface area contributed by atoms with Crippen molar-refractivity contribution in [3.8, 4) is 0 Å². The van der Waals surface area contributed by atoms with E-state index in [4.69, 9.17) is 32.2 Å². The number of aliphatic hydroxyl groups is 2. The van der Waals surface area contributed by atoms with E-state index in [1.54, 1.807) is 18.3 Å². The van der Waals surface area contributed by atoms with Gasteiger partial charge in [-0.1, -0.05) is 0 Å². The monoisotopic (exact) mass is 717 g/mol. The first-order chi connectivity index (χ1) is 24.0. The largest absolute Gasteiger partial charge is 0.481 e. The Bertz CT molecular complexity index is 1970. The van der Waals surface area contributed by atoms with Crippen molar-refractivity contribution in [2.24, 2.45) is 0 Å². The van der Waals surface area contributed by atoms with Gasteiger partial charge in [-0.25, -0.2) is 19.6 Å². The topological polar surface area (TPSA) is 321 Å². The molecule has 0 radical (unpaired) electrons. The number of amides is 1. The smallest absolute Gasteiger partial charge is 0.351 e. The van der Waals surface area contributed by atoms with Crippen LogP contribution in [-0.4, -0.2) is 106 Å². The number of benzene rings is 1. The third kappa shape index (κ3) is 8.92. The number of carboxylic acids is 2. The first-order valence-electron chi connectivity index (χ1n) is 14.8. The molecule has 1 aliphatic rings. The maximum Gasteiger partial charge on any atom is 0.351 e. The van der Waals surface area contributed by atoms with E-state index < -0.39 is 60.5 Å². The summed E-state index contributed by atoms with van der Waals surface area (Å²) in [6.07, 6.45) is -3.72. The number of nitrogens with two attached hydrogens (primary N) is 3. The van der Waals surface area contributed by atoms with Crippen LogP contribution in [0.2, 0.25) is 0 Å². The highest BCUT2D eigenvalue weighted by atomic mass is 19.3. The molecule has 4 atom stereocenters. The molecule has 1 saturated heterocycles. The van der Waals surface area contributed by atoms with Gasteiger partial charge in [0, 0.05) is 30.9 Å². The zero-order valence-corrected chi connectivity index (χ0v) is 26.6. The van der Waals surface area contributed by atoms with Crippen LogP contribution in [0.1, 0.15) is 35.1 Å². The van der Waals surface area contributed by atoms with Crippen molar-refractivity contribution >= 4 is 52.3 Å². The number of hydrogen-bond donors (Lipinski definition) is 8. The molecule has 0 spiro atoms. The molecule has 4 aromatic rings. The van der Waals surface area contributed by atoms with Gasteiger partial charge in [0.2, 0.25) is 12.2 Å². The fraction of sp³-hybridized carbons (Fsp3) is 0.345. The number of hydrogen-bond acceptors (Lipinski definition) is 16. The number of aliphatic carboxylic acids is 2. The van der Waals surface area contributed by atoms with Gasteiger partial charge in [-0.2, -0.15) is 23.7 Å². The molecule has 272 valence electrons. The second kappa shape index (κ2) is 15.6. The number of anilines is 4. The van der Waals surface area contributed by atoms with E-state index in [2.05, 4.69) is 30.2 Å². The highest BCUT2D eigenvalue weighted by Crippen LogP contribution is 2.41. The van der Waals surface area contributed by atoms with Gasteiger partial charge in [-0.3, -0.25) is 14.2 Å². The zero-order chi connectivity index (χ0) is 37.6. The first-order valence-corrected chi connectivity index (χ1v) is 14.8. The summed E-state index contributed by atoms with van der Waals surface area (Å²) in [5.41, 5.74) is 17.9. The summed E-state index contributed by atoms with van der Waals surface area (Å²) in [6, 6.07) is 6.31. The molecule has 4 heterocycles. The maximum atomic E-state index is 13.7. The van der Waals surface area contributed by atoms with Gasteiger partial charge in [0.15, 0.2) is 23.1 Å². The molecule has 51 heavy (non-hydrogen) atoms. The lowest BCUT2D eigenvalue weighted by Gasteiger charge is -2.20. The summed E-state index contributed by atoms with van der Waals surface area (Å²) >= 11 is 0. The highest BCUT2D eigenvalue weighted by molar-refractivity contribution is 5.97. The van der Waals surface area contributed by atoms with Crippen LogP contribution >= 0.6 is 0 Å². The number of nitrogens with one attached hydrogen (secondary N) is 1. The normalized spacial score (nSPS) is 18.3. The minimum absolute atomic E-state index is 0.0138. The van der Waals surface area contributed by atoms with Crippen molar-refractivity contribution in [2.45, 2.75) is 49.8 Å². The van der Waals surface area contributed by atoms with Gasteiger partial charge in [0.1, 0.15) is 18.0 Å². The number of alkyl halides is 2. The van der Waals surface area contributed by atoms with Crippen LogP contribution in [0, 0.1) is 0 Å². The van der Waals surface area contributed by atoms with E-state index in [1.807, 2.05) is 11.9 Å². The Morgan fingerprint density at radius 2 is 1.76 bits per heavy atom. The van der Waals surface area contributed by atoms with Crippen molar-refractivity contribution < 1.29 is 48.3 Å². The van der Waals surface area contributed by atoms with Crippen molar-refractivity contribution in [1.29, 1.82) is 0 Å². The number of nitrogen functional groups attached to an aromatic ring is 3. The van der Waals surface area contributed by atoms with Crippen LogP contribution in [0.15, 0.2) is 47.5 Å². The lowest BCUT2D eigenvalue weighted by atomic mass is 10.1. The molecule has 20 nitrogen and oxygen atoms in total. The number of fused-ring (bicyclic) bond motifs is 1. The Hall–Kier alpha value is -6.13. The number of carbonyl (C=O) groups is 3. The molecule has 1 aliphatic heterocycles. The lowest BCUT2D eigenvalue weighted by molar-refractivity contribution is -0.141. The Morgan fingerprint density at radius 1 is 1.08 bits per heavy atom. The Morgan fingerprint density at radius 3 is 2.35 bits per heavy atom. The molecule has 5 rings (SSSR count). The van der Waals surface area contributed by atoms with Crippen molar-refractivity contribution in [3.63, 3.8) is 0 Å². The van der Waals surface area contributed by atoms with Crippen molar-refractivity contribution in [1.82, 2.24) is 34.8 Å². The van der Waals surface area contributed by atoms with Gasteiger partial charge >= 0.3 is 23.6 Å². The second-order valence-electron chi connectivity index (χ2n) is 11.1. The van der Waals surface area contributed by atoms with E-state index >= 15 is 0 Å². The van der Waals surface area contributed by atoms with E-state index in [9.17, 15) is 38.2 Å². The van der Waals surface area contributed by atoms with E-state index in [-0.39, 0.29) is 36.0 Å². The average molecular weight is 718 g/mol. The minimum Gasteiger partial charge on any atom is -0.481 e. The number of nitrogens with zero attached hydrogens (tertiary/aromatic N) is 7. The zero-order valence-electron chi connectivity index (χ0n) is 26.6. The molecular formula is C29H33F2N11O9. The van der Waals surface area contributed by atoms with Gasteiger partial charge < -0.3 is 52.6 Å². The molecule has 0 bridgehead atoms. The summed E-state index contributed by atoms with van der Waals surface area (Å²) < 4.78 is 32.7. The van der Waals surface area contributed by atoms with Gasteiger partial charge in [0.05, 0.1) is 25.0 Å². The molecule has 11 N–H and O–H groups in total. The van der Waals surface area contributed by atoms with E-state index in [0.29, 0.717) is 28.0 Å². The highest BCUT2D eigenvalue weighted by Gasteiger charge is 2.59. The summed E-state index contributed by atoms with van der Waals surface area (Å²) in [5, 5.41) is 38.4.